The number of anilines is 1. The van der Waals surface area contributed by atoms with Crippen molar-refractivity contribution in [3.05, 3.63) is 11.1 Å². The molecule has 0 spiro atoms. The van der Waals surface area contributed by atoms with E-state index in [9.17, 15) is 0 Å². The molecule has 1 aromatic heterocycles. The third kappa shape index (κ3) is 1.73. The minimum absolute atomic E-state index is 0.632. The summed E-state index contributed by atoms with van der Waals surface area (Å²) < 4.78 is 0. The van der Waals surface area contributed by atoms with Crippen LogP contribution in [-0.2, 0) is 0 Å². The van der Waals surface area contributed by atoms with Crippen LogP contribution in [0.5, 0.6) is 0 Å². The minimum atomic E-state index is 0.632. The predicted molar refractivity (Wildman–Crippen MR) is 57.5 cm³/mol. The van der Waals surface area contributed by atoms with Gasteiger partial charge < -0.3 is 4.90 Å². The van der Waals surface area contributed by atoms with Crippen molar-refractivity contribution in [2.24, 2.45) is 0 Å². The van der Waals surface area contributed by atoms with Crippen molar-refractivity contribution in [2.75, 3.05) is 11.9 Å². The van der Waals surface area contributed by atoms with E-state index in [0.29, 0.717) is 10.9 Å². The second-order valence-electron chi connectivity index (χ2n) is 3.67. The van der Waals surface area contributed by atoms with Crippen LogP contribution >= 0.6 is 11.3 Å². The van der Waals surface area contributed by atoms with Crippen LogP contribution < -0.4 is 4.90 Å². The van der Waals surface area contributed by atoms with E-state index in [4.69, 9.17) is 5.26 Å². The molecule has 0 radical (unpaired) electrons. The summed E-state index contributed by atoms with van der Waals surface area (Å²) in [5.41, 5.74) is 0. The van der Waals surface area contributed by atoms with Gasteiger partial charge in [-0.1, -0.05) is 24.2 Å². The van der Waals surface area contributed by atoms with Crippen molar-refractivity contribution in [1.82, 2.24) is 4.98 Å². The molecule has 0 unspecified atom stereocenters. The summed E-state index contributed by atoms with van der Waals surface area (Å²) in [6.07, 6.45) is 6.83. The molecule has 0 aromatic carbocycles. The van der Waals surface area contributed by atoms with E-state index < -0.39 is 0 Å². The summed E-state index contributed by atoms with van der Waals surface area (Å²) >= 11 is 1.48. The molecule has 3 nitrogen and oxygen atoms in total. The monoisotopic (exact) mass is 207 g/mol. The van der Waals surface area contributed by atoms with E-state index in [0.717, 1.165) is 5.13 Å². The van der Waals surface area contributed by atoms with Crippen molar-refractivity contribution in [1.29, 1.82) is 5.26 Å². The molecule has 0 aliphatic heterocycles. The van der Waals surface area contributed by atoms with Crippen LogP contribution in [0.4, 0.5) is 5.13 Å². The van der Waals surface area contributed by atoms with Gasteiger partial charge in [0.1, 0.15) is 10.9 Å². The fourth-order valence-corrected chi connectivity index (χ4v) is 2.67. The number of thiazole rings is 1. The van der Waals surface area contributed by atoms with Gasteiger partial charge in [-0.3, -0.25) is 0 Å². The van der Waals surface area contributed by atoms with Crippen LogP contribution in [0.25, 0.3) is 0 Å². The Morgan fingerprint density at radius 1 is 1.57 bits per heavy atom. The van der Waals surface area contributed by atoms with Gasteiger partial charge in [0.25, 0.3) is 0 Å². The second kappa shape index (κ2) is 3.97. The van der Waals surface area contributed by atoms with Crippen LogP contribution in [0, 0.1) is 11.3 Å². The second-order valence-corrected chi connectivity index (χ2v) is 4.68. The minimum Gasteiger partial charge on any atom is -0.348 e. The smallest absolute Gasteiger partial charge is 0.186 e. The molecule has 14 heavy (non-hydrogen) atoms. The van der Waals surface area contributed by atoms with Gasteiger partial charge in [-0.2, -0.15) is 5.26 Å². The third-order valence-corrected chi connectivity index (χ3v) is 3.77. The number of hydrogen-bond donors (Lipinski definition) is 0. The highest BCUT2D eigenvalue weighted by atomic mass is 32.1. The Morgan fingerprint density at radius 2 is 2.29 bits per heavy atom. The summed E-state index contributed by atoms with van der Waals surface area (Å²) in [6, 6.07) is 2.75. The van der Waals surface area contributed by atoms with Crippen LogP contribution in [0.3, 0.4) is 0 Å². The Morgan fingerprint density at radius 3 is 2.86 bits per heavy atom. The lowest BCUT2D eigenvalue weighted by molar-refractivity contribution is 0.651. The molecule has 1 fully saturated rings. The first kappa shape index (κ1) is 9.47. The number of nitrogens with zero attached hydrogens (tertiary/aromatic N) is 3. The lowest BCUT2D eigenvalue weighted by Gasteiger charge is -2.23. The summed E-state index contributed by atoms with van der Waals surface area (Å²) in [5.74, 6) is 0. The molecule has 1 heterocycles. The van der Waals surface area contributed by atoms with E-state index in [1.807, 2.05) is 0 Å². The largest absolute Gasteiger partial charge is 0.348 e. The van der Waals surface area contributed by atoms with Gasteiger partial charge in [-0.05, 0) is 12.8 Å². The molecule has 0 bridgehead atoms. The van der Waals surface area contributed by atoms with Crippen molar-refractivity contribution < 1.29 is 0 Å². The van der Waals surface area contributed by atoms with Crippen molar-refractivity contribution in [3.8, 4) is 6.07 Å². The molecule has 2 rings (SSSR count). The Labute approximate surface area is 88.0 Å². The molecule has 0 atom stereocenters. The fraction of sp³-hybridized carbons (Fsp3) is 0.600. The summed E-state index contributed by atoms with van der Waals surface area (Å²) in [7, 11) is 2.08. The lowest BCUT2D eigenvalue weighted by atomic mass is 10.2. The topological polar surface area (TPSA) is 39.9 Å². The summed E-state index contributed by atoms with van der Waals surface area (Å²) in [6.45, 7) is 0. The van der Waals surface area contributed by atoms with Gasteiger partial charge in [0, 0.05) is 13.1 Å². The van der Waals surface area contributed by atoms with E-state index in [2.05, 4.69) is 23.0 Å². The maximum Gasteiger partial charge on any atom is 0.186 e. The molecule has 1 saturated carbocycles. The maximum absolute atomic E-state index is 8.70. The molecule has 1 aliphatic rings. The third-order valence-electron chi connectivity index (χ3n) is 2.78. The Hall–Kier alpha value is -1.08. The van der Waals surface area contributed by atoms with Crippen molar-refractivity contribution in [2.45, 2.75) is 31.7 Å². The molecule has 1 aliphatic carbocycles. The predicted octanol–water partition coefficient (Wildman–Crippen LogP) is 2.39. The summed E-state index contributed by atoms with van der Waals surface area (Å²) in [4.78, 5) is 7.17. The first-order chi connectivity index (χ1) is 6.81. The number of rotatable bonds is 2. The lowest BCUT2D eigenvalue weighted by Crippen LogP contribution is -2.28. The van der Waals surface area contributed by atoms with Crippen LogP contribution in [0.1, 0.15) is 30.6 Å². The highest BCUT2D eigenvalue weighted by molar-refractivity contribution is 7.16. The molecular formula is C10H13N3S. The van der Waals surface area contributed by atoms with E-state index in [1.165, 1.54) is 37.0 Å². The molecule has 0 N–H and O–H groups in total. The van der Waals surface area contributed by atoms with E-state index in [1.54, 1.807) is 6.20 Å². The Balaban J connectivity index is 2.10. The molecule has 4 heteroatoms. The van der Waals surface area contributed by atoms with Crippen LogP contribution in [0.15, 0.2) is 6.20 Å². The van der Waals surface area contributed by atoms with E-state index in [-0.39, 0.29) is 0 Å². The molecule has 0 amide bonds. The number of nitriles is 1. The van der Waals surface area contributed by atoms with Gasteiger partial charge in [0.15, 0.2) is 5.13 Å². The Bertz CT molecular complexity index is 346. The maximum atomic E-state index is 8.70. The molecular weight excluding hydrogens is 194 g/mol. The number of hydrogen-bond acceptors (Lipinski definition) is 4. The zero-order valence-corrected chi connectivity index (χ0v) is 9.05. The highest BCUT2D eigenvalue weighted by Crippen LogP contribution is 2.29. The molecule has 0 saturated heterocycles. The zero-order valence-electron chi connectivity index (χ0n) is 8.23. The van der Waals surface area contributed by atoms with Gasteiger partial charge >= 0.3 is 0 Å². The standard InChI is InChI=1S/C10H13N3S/c1-13(8-4-2-3-5-8)10-12-7-9(6-11)14-10/h7-8H,2-5H2,1H3. The molecule has 1 aromatic rings. The van der Waals surface area contributed by atoms with Crippen LogP contribution in [-0.4, -0.2) is 18.1 Å². The van der Waals surface area contributed by atoms with Crippen LogP contribution in [0.2, 0.25) is 0 Å². The fourth-order valence-electron chi connectivity index (χ4n) is 1.93. The first-order valence-corrected chi connectivity index (χ1v) is 5.71. The Kier molecular flexibility index (Phi) is 2.69. The highest BCUT2D eigenvalue weighted by Gasteiger charge is 2.21. The molecule has 74 valence electrons. The average molecular weight is 207 g/mol. The van der Waals surface area contributed by atoms with E-state index >= 15 is 0 Å². The van der Waals surface area contributed by atoms with Crippen molar-refractivity contribution >= 4 is 16.5 Å². The summed E-state index contributed by atoms with van der Waals surface area (Å²) in [5, 5.41) is 9.68. The normalized spacial score (nSPS) is 16.9. The first-order valence-electron chi connectivity index (χ1n) is 4.90. The van der Waals surface area contributed by atoms with Crippen molar-refractivity contribution in [3.63, 3.8) is 0 Å². The average Bonchev–Trinajstić information content (AvgIpc) is 2.88. The van der Waals surface area contributed by atoms with Gasteiger partial charge in [-0.15, -0.1) is 0 Å². The quantitative estimate of drug-likeness (QED) is 0.747. The zero-order chi connectivity index (χ0) is 9.97. The van der Waals surface area contributed by atoms with Gasteiger partial charge in [0.2, 0.25) is 0 Å². The van der Waals surface area contributed by atoms with Gasteiger partial charge in [-0.25, -0.2) is 4.98 Å². The van der Waals surface area contributed by atoms with Gasteiger partial charge in [0.05, 0.1) is 6.20 Å². The SMILES string of the molecule is CN(c1ncc(C#N)s1)C1CCCC1. The number of aromatic nitrogens is 1.